The van der Waals surface area contributed by atoms with E-state index in [1.165, 1.54) is 12.1 Å². The van der Waals surface area contributed by atoms with E-state index in [0.717, 1.165) is 21.3 Å². The second kappa shape index (κ2) is 10.2. The number of nitrogens with one attached hydrogen (secondary N) is 1. The van der Waals surface area contributed by atoms with Gasteiger partial charge < -0.3 is 14.8 Å². The van der Waals surface area contributed by atoms with Crippen LogP contribution in [0.5, 0.6) is 11.5 Å². The molecular weight excluding hydrogens is 480 g/mol. The van der Waals surface area contributed by atoms with Gasteiger partial charge in [0.2, 0.25) is 0 Å². The fourth-order valence-corrected chi connectivity index (χ4v) is 3.48. The molecular formula is C22H19BrCl2FNO2. The Morgan fingerprint density at radius 3 is 2.41 bits per heavy atom. The zero-order valence-corrected chi connectivity index (χ0v) is 18.7. The van der Waals surface area contributed by atoms with Crippen molar-refractivity contribution in [3.05, 3.63) is 86.1 Å². The second-order valence-electron chi connectivity index (χ2n) is 6.22. The van der Waals surface area contributed by atoms with Gasteiger partial charge in [0.1, 0.15) is 12.4 Å². The molecule has 3 rings (SSSR count). The molecule has 0 saturated carbocycles. The van der Waals surface area contributed by atoms with E-state index < -0.39 is 0 Å². The van der Waals surface area contributed by atoms with Gasteiger partial charge in [-0.1, -0.05) is 51.3 Å². The van der Waals surface area contributed by atoms with Crippen molar-refractivity contribution in [1.82, 2.24) is 0 Å². The summed E-state index contributed by atoms with van der Waals surface area (Å²) in [6.45, 7) is 3.23. The molecule has 0 atom stereocenters. The molecule has 0 aliphatic heterocycles. The minimum absolute atomic E-state index is 0.275. The quantitative estimate of drug-likeness (QED) is 0.349. The summed E-state index contributed by atoms with van der Waals surface area (Å²) in [5.74, 6) is 0.961. The molecule has 7 heteroatoms. The first-order chi connectivity index (χ1) is 14.0. The van der Waals surface area contributed by atoms with Gasteiger partial charge in [-0.2, -0.15) is 0 Å². The number of ether oxygens (including phenoxy) is 2. The molecule has 0 aliphatic carbocycles. The summed E-state index contributed by atoms with van der Waals surface area (Å²) < 4.78 is 25.6. The lowest BCUT2D eigenvalue weighted by atomic mass is 10.2. The maximum absolute atomic E-state index is 13.1. The van der Waals surface area contributed by atoms with Gasteiger partial charge in [-0.25, -0.2) is 4.39 Å². The molecule has 1 N–H and O–H groups in total. The summed E-state index contributed by atoms with van der Waals surface area (Å²) in [7, 11) is 0. The van der Waals surface area contributed by atoms with Crippen LogP contribution in [0.25, 0.3) is 0 Å². The Hall–Kier alpha value is -1.95. The lowest BCUT2D eigenvalue weighted by Gasteiger charge is -2.16. The van der Waals surface area contributed by atoms with Crippen LogP contribution in [0, 0.1) is 5.82 Å². The van der Waals surface area contributed by atoms with Crippen molar-refractivity contribution >= 4 is 44.8 Å². The summed E-state index contributed by atoms with van der Waals surface area (Å²) in [5.41, 5.74) is 2.59. The van der Waals surface area contributed by atoms with Crippen LogP contribution < -0.4 is 14.8 Å². The monoisotopic (exact) mass is 497 g/mol. The van der Waals surface area contributed by atoms with Gasteiger partial charge in [0.15, 0.2) is 11.5 Å². The van der Waals surface area contributed by atoms with Crippen molar-refractivity contribution in [3.8, 4) is 11.5 Å². The Balaban J connectivity index is 1.76. The van der Waals surface area contributed by atoms with Crippen LogP contribution in [0.2, 0.25) is 10.0 Å². The van der Waals surface area contributed by atoms with E-state index in [1.807, 2.05) is 19.1 Å². The average Bonchev–Trinajstić information content (AvgIpc) is 2.70. The van der Waals surface area contributed by atoms with Crippen LogP contribution in [0.1, 0.15) is 18.1 Å². The molecule has 0 saturated heterocycles. The first-order valence-corrected chi connectivity index (χ1v) is 10.5. The summed E-state index contributed by atoms with van der Waals surface area (Å²) in [6.07, 6.45) is 0. The lowest BCUT2D eigenvalue weighted by Crippen LogP contribution is -2.04. The van der Waals surface area contributed by atoms with Crippen LogP contribution in [0.4, 0.5) is 10.1 Å². The summed E-state index contributed by atoms with van der Waals surface area (Å²) in [5, 5.41) is 4.48. The minimum atomic E-state index is -0.275. The molecule has 0 heterocycles. The smallest absolute Gasteiger partial charge is 0.162 e. The van der Waals surface area contributed by atoms with E-state index >= 15 is 0 Å². The lowest BCUT2D eigenvalue weighted by molar-refractivity contribution is 0.269. The minimum Gasteiger partial charge on any atom is -0.490 e. The maximum atomic E-state index is 13.1. The van der Waals surface area contributed by atoms with Gasteiger partial charge in [-0.15, -0.1) is 0 Å². The highest BCUT2D eigenvalue weighted by molar-refractivity contribution is 9.10. The van der Waals surface area contributed by atoms with Crippen molar-refractivity contribution in [2.45, 2.75) is 20.1 Å². The number of hydrogen-bond acceptors (Lipinski definition) is 3. The normalized spacial score (nSPS) is 10.7. The molecule has 29 heavy (non-hydrogen) atoms. The van der Waals surface area contributed by atoms with Gasteiger partial charge in [0, 0.05) is 16.0 Å². The van der Waals surface area contributed by atoms with Crippen molar-refractivity contribution in [2.75, 3.05) is 11.9 Å². The van der Waals surface area contributed by atoms with Crippen molar-refractivity contribution in [2.24, 2.45) is 0 Å². The average molecular weight is 499 g/mol. The Bertz CT molecular complexity index is 983. The van der Waals surface area contributed by atoms with Gasteiger partial charge in [0.25, 0.3) is 0 Å². The molecule has 3 aromatic carbocycles. The highest BCUT2D eigenvalue weighted by atomic mass is 79.9. The molecule has 0 amide bonds. The number of anilines is 1. The van der Waals surface area contributed by atoms with Crippen molar-refractivity contribution < 1.29 is 13.9 Å². The first kappa shape index (κ1) is 21.8. The van der Waals surface area contributed by atoms with Gasteiger partial charge in [-0.05, 0) is 60.5 Å². The highest BCUT2D eigenvalue weighted by Gasteiger charge is 2.12. The molecule has 0 aliphatic rings. The fourth-order valence-electron chi connectivity index (χ4n) is 2.66. The zero-order chi connectivity index (χ0) is 20.8. The van der Waals surface area contributed by atoms with E-state index in [9.17, 15) is 4.39 Å². The van der Waals surface area contributed by atoms with Gasteiger partial charge >= 0.3 is 0 Å². The van der Waals surface area contributed by atoms with E-state index in [1.54, 1.807) is 30.3 Å². The third-order valence-corrected chi connectivity index (χ3v) is 5.42. The Kier molecular flexibility index (Phi) is 7.64. The van der Waals surface area contributed by atoms with E-state index in [4.69, 9.17) is 32.7 Å². The maximum Gasteiger partial charge on any atom is 0.162 e. The highest BCUT2D eigenvalue weighted by Crippen LogP contribution is 2.35. The predicted molar refractivity (Wildman–Crippen MR) is 120 cm³/mol. The Labute approximate surface area is 187 Å². The van der Waals surface area contributed by atoms with Crippen LogP contribution in [-0.2, 0) is 13.2 Å². The van der Waals surface area contributed by atoms with Crippen LogP contribution in [0.3, 0.4) is 0 Å². The standard InChI is InChI=1S/C22H19BrCl2FNO2/c1-2-28-21-9-15(12-27-20-10-16(24)5-8-19(20)25)18(23)11-22(21)29-13-14-3-6-17(26)7-4-14/h3-11,27H,2,12-13H2,1H3. The van der Waals surface area contributed by atoms with E-state index in [0.29, 0.717) is 41.3 Å². The number of halogens is 4. The van der Waals surface area contributed by atoms with Crippen LogP contribution in [0.15, 0.2) is 59.1 Å². The molecule has 0 bridgehead atoms. The Morgan fingerprint density at radius 1 is 0.966 bits per heavy atom. The van der Waals surface area contributed by atoms with E-state index in [2.05, 4.69) is 21.2 Å². The van der Waals surface area contributed by atoms with Gasteiger partial charge in [-0.3, -0.25) is 0 Å². The first-order valence-electron chi connectivity index (χ1n) is 8.97. The second-order valence-corrected chi connectivity index (χ2v) is 7.91. The third kappa shape index (κ3) is 6.01. The Morgan fingerprint density at radius 2 is 1.69 bits per heavy atom. The van der Waals surface area contributed by atoms with Crippen LogP contribution >= 0.6 is 39.1 Å². The summed E-state index contributed by atoms with van der Waals surface area (Å²) in [4.78, 5) is 0. The predicted octanol–water partition coefficient (Wildman–Crippen LogP) is 7.48. The zero-order valence-electron chi connectivity index (χ0n) is 15.6. The molecule has 3 aromatic rings. The molecule has 3 nitrogen and oxygen atoms in total. The fraction of sp³-hybridized carbons (Fsp3) is 0.182. The van der Waals surface area contributed by atoms with E-state index in [-0.39, 0.29) is 5.82 Å². The van der Waals surface area contributed by atoms with Crippen molar-refractivity contribution in [3.63, 3.8) is 0 Å². The van der Waals surface area contributed by atoms with Gasteiger partial charge in [0.05, 0.1) is 17.3 Å². The SMILES string of the molecule is CCOc1cc(CNc2cc(Cl)ccc2Cl)c(Br)cc1OCc1ccc(F)cc1. The number of benzene rings is 3. The van der Waals surface area contributed by atoms with Crippen molar-refractivity contribution in [1.29, 1.82) is 0 Å². The van der Waals surface area contributed by atoms with Crippen LogP contribution in [-0.4, -0.2) is 6.61 Å². The largest absolute Gasteiger partial charge is 0.490 e. The number of rotatable bonds is 8. The molecule has 0 spiro atoms. The number of hydrogen-bond donors (Lipinski definition) is 1. The third-order valence-electron chi connectivity index (χ3n) is 4.12. The molecule has 0 aromatic heterocycles. The molecule has 0 fully saturated rings. The molecule has 0 unspecified atom stereocenters. The molecule has 152 valence electrons. The summed E-state index contributed by atoms with van der Waals surface area (Å²) >= 11 is 15.9. The molecule has 0 radical (unpaired) electrons. The topological polar surface area (TPSA) is 30.5 Å². The summed E-state index contributed by atoms with van der Waals surface area (Å²) in [6, 6.07) is 15.3.